The van der Waals surface area contributed by atoms with Gasteiger partial charge in [-0.3, -0.25) is 4.79 Å². The summed E-state index contributed by atoms with van der Waals surface area (Å²) in [6.45, 7) is 3.48. The SMILES string of the molecule is N#Cc1ccc(C(=O)NC[C@@H](c2ccc(F)cc2)[NH+]2CCOCC2)cc1. The Labute approximate surface area is 152 Å². The molecule has 1 amide bonds. The van der Waals surface area contributed by atoms with Crippen molar-refractivity contribution >= 4 is 5.91 Å². The van der Waals surface area contributed by atoms with Crippen molar-refractivity contribution in [2.45, 2.75) is 6.04 Å². The molecule has 1 saturated heterocycles. The molecular weight excluding hydrogens is 333 g/mol. The minimum Gasteiger partial charge on any atom is -0.370 e. The number of nitrogens with one attached hydrogen (secondary N) is 2. The molecule has 1 fully saturated rings. The summed E-state index contributed by atoms with van der Waals surface area (Å²) in [5.74, 6) is -0.458. The third kappa shape index (κ3) is 4.45. The Bertz CT molecular complexity index is 778. The van der Waals surface area contributed by atoms with Gasteiger partial charge in [0.2, 0.25) is 0 Å². The first-order valence-electron chi connectivity index (χ1n) is 8.63. The summed E-state index contributed by atoms with van der Waals surface area (Å²) in [5.41, 5.74) is 2.02. The lowest BCUT2D eigenvalue weighted by Crippen LogP contribution is -3.15. The molecule has 1 aliphatic rings. The second-order valence-electron chi connectivity index (χ2n) is 6.27. The van der Waals surface area contributed by atoms with Gasteiger partial charge < -0.3 is 15.0 Å². The summed E-state index contributed by atoms with van der Waals surface area (Å²) >= 11 is 0. The Morgan fingerprint density at radius 3 is 2.42 bits per heavy atom. The molecular formula is C20H21FN3O2+. The Morgan fingerprint density at radius 2 is 1.81 bits per heavy atom. The Morgan fingerprint density at radius 1 is 1.15 bits per heavy atom. The number of hydrogen-bond acceptors (Lipinski definition) is 3. The molecule has 1 aliphatic heterocycles. The average Bonchev–Trinajstić information content (AvgIpc) is 2.70. The van der Waals surface area contributed by atoms with Crippen molar-refractivity contribution in [2.75, 3.05) is 32.8 Å². The number of nitriles is 1. The first-order chi connectivity index (χ1) is 12.7. The smallest absolute Gasteiger partial charge is 0.251 e. The largest absolute Gasteiger partial charge is 0.370 e. The molecule has 2 aromatic rings. The third-order valence-electron chi connectivity index (χ3n) is 4.64. The van der Waals surface area contributed by atoms with Crippen LogP contribution < -0.4 is 10.2 Å². The van der Waals surface area contributed by atoms with Gasteiger partial charge in [-0.15, -0.1) is 0 Å². The molecule has 1 heterocycles. The molecule has 0 radical (unpaired) electrons. The van der Waals surface area contributed by atoms with Crippen LogP contribution in [0.3, 0.4) is 0 Å². The van der Waals surface area contributed by atoms with Crippen molar-refractivity contribution in [1.82, 2.24) is 5.32 Å². The standard InChI is InChI=1S/C20H20FN3O2/c21-18-7-5-16(6-8-18)19(24-9-11-26-12-10-24)14-23-20(25)17-3-1-15(13-22)2-4-17/h1-8,19H,9-12,14H2,(H,23,25)/p+1/t19-/m0/s1. The number of hydrogen-bond donors (Lipinski definition) is 2. The molecule has 2 N–H and O–H groups in total. The van der Waals surface area contributed by atoms with E-state index in [1.807, 2.05) is 6.07 Å². The van der Waals surface area contributed by atoms with Crippen molar-refractivity contribution < 1.29 is 18.8 Å². The second-order valence-corrected chi connectivity index (χ2v) is 6.27. The van der Waals surface area contributed by atoms with Gasteiger partial charge in [0, 0.05) is 11.1 Å². The fraction of sp³-hybridized carbons (Fsp3) is 0.300. The zero-order valence-electron chi connectivity index (χ0n) is 14.4. The molecule has 2 aromatic carbocycles. The van der Waals surface area contributed by atoms with E-state index in [0.29, 0.717) is 30.9 Å². The van der Waals surface area contributed by atoms with Crippen molar-refractivity contribution in [3.05, 3.63) is 71.0 Å². The average molecular weight is 354 g/mol. The number of halogens is 1. The molecule has 0 aromatic heterocycles. The molecule has 0 saturated carbocycles. The molecule has 0 spiro atoms. The third-order valence-corrected chi connectivity index (χ3v) is 4.64. The molecule has 6 heteroatoms. The predicted octanol–water partition coefficient (Wildman–Crippen LogP) is 1.08. The van der Waals surface area contributed by atoms with E-state index >= 15 is 0 Å². The Hall–Kier alpha value is -2.75. The molecule has 1 atom stereocenters. The maximum atomic E-state index is 13.3. The van der Waals surface area contributed by atoms with Gasteiger partial charge in [0.15, 0.2) is 0 Å². The minimum atomic E-state index is -0.272. The molecule has 5 nitrogen and oxygen atoms in total. The van der Waals surface area contributed by atoms with Crippen LogP contribution in [0.2, 0.25) is 0 Å². The summed E-state index contributed by atoms with van der Waals surface area (Å²) < 4.78 is 18.7. The van der Waals surface area contributed by atoms with Crippen molar-refractivity contribution in [1.29, 1.82) is 5.26 Å². The molecule has 3 rings (SSSR count). The van der Waals surface area contributed by atoms with Crippen LogP contribution >= 0.6 is 0 Å². The lowest BCUT2D eigenvalue weighted by molar-refractivity contribution is -0.937. The summed E-state index contributed by atoms with van der Waals surface area (Å²) in [6, 6.07) is 15.0. The first-order valence-corrected chi connectivity index (χ1v) is 8.63. The molecule has 0 unspecified atom stereocenters. The normalized spacial score (nSPS) is 15.8. The quantitative estimate of drug-likeness (QED) is 0.845. The van der Waals surface area contributed by atoms with Crippen LogP contribution in [0.25, 0.3) is 0 Å². The van der Waals surface area contributed by atoms with Gasteiger partial charge in [0.1, 0.15) is 24.9 Å². The van der Waals surface area contributed by atoms with E-state index in [1.165, 1.54) is 17.0 Å². The van der Waals surface area contributed by atoms with Crippen LogP contribution in [0.15, 0.2) is 48.5 Å². The van der Waals surface area contributed by atoms with Crippen LogP contribution in [-0.2, 0) is 4.74 Å². The monoisotopic (exact) mass is 354 g/mol. The summed E-state index contributed by atoms with van der Waals surface area (Å²) in [4.78, 5) is 13.7. The van der Waals surface area contributed by atoms with Crippen molar-refractivity contribution in [2.24, 2.45) is 0 Å². The van der Waals surface area contributed by atoms with Crippen molar-refractivity contribution in [3.63, 3.8) is 0 Å². The number of carbonyl (C=O) groups excluding carboxylic acids is 1. The highest BCUT2D eigenvalue weighted by Gasteiger charge is 2.27. The highest BCUT2D eigenvalue weighted by atomic mass is 19.1. The zero-order chi connectivity index (χ0) is 18.4. The Balaban J connectivity index is 1.71. The van der Waals surface area contributed by atoms with Gasteiger partial charge in [0.05, 0.1) is 31.4 Å². The van der Waals surface area contributed by atoms with Gasteiger partial charge in [-0.05, 0) is 36.4 Å². The second kappa shape index (κ2) is 8.56. The number of nitrogens with zero attached hydrogens (tertiary/aromatic N) is 1. The van der Waals surface area contributed by atoms with Gasteiger partial charge >= 0.3 is 0 Å². The van der Waals surface area contributed by atoms with E-state index in [0.717, 1.165) is 18.7 Å². The first kappa shape index (κ1) is 18.1. The molecule has 0 aliphatic carbocycles. The van der Waals surface area contributed by atoms with Crippen LogP contribution in [0.4, 0.5) is 4.39 Å². The molecule has 0 bridgehead atoms. The van der Waals surface area contributed by atoms with Crippen LogP contribution in [-0.4, -0.2) is 38.8 Å². The van der Waals surface area contributed by atoms with Gasteiger partial charge in [-0.2, -0.15) is 5.26 Å². The fourth-order valence-corrected chi connectivity index (χ4v) is 3.17. The van der Waals surface area contributed by atoms with E-state index in [1.54, 1.807) is 36.4 Å². The summed E-state index contributed by atoms with van der Waals surface area (Å²) in [6.07, 6.45) is 0. The van der Waals surface area contributed by atoms with E-state index in [2.05, 4.69) is 5.32 Å². The number of amides is 1. The van der Waals surface area contributed by atoms with Crippen molar-refractivity contribution in [3.8, 4) is 6.07 Å². The Kier molecular flexibility index (Phi) is 5.95. The van der Waals surface area contributed by atoms with Gasteiger partial charge in [0.25, 0.3) is 5.91 Å². The lowest BCUT2D eigenvalue weighted by atomic mass is 10.0. The zero-order valence-corrected chi connectivity index (χ0v) is 14.4. The van der Waals surface area contributed by atoms with Crippen LogP contribution in [0, 0.1) is 17.1 Å². The van der Waals surface area contributed by atoms with E-state index in [4.69, 9.17) is 10.00 Å². The highest BCUT2D eigenvalue weighted by molar-refractivity contribution is 5.94. The number of ether oxygens (including phenoxy) is 1. The van der Waals surface area contributed by atoms with E-state index < -0.39 is 0 Å². The molecule has 134 valence electrons. The van der Waals surface area contributed by atoms with Crippen LogP contribution in [0.5, 0.6) is 0 Å². The number of benzene rings is 2. The fourth-order valence-electron chi connectivity index (χ4n) is 3.17. The number of morpholine rings is 1. The topological polar surface area (TPSA) is 66.6 Å². The van der Waals surface area contributed by atoms with Gasteiger partial charge in [-0.25, -0.2) is 4.39 Å². The maximum Gasteiger partial charge on any atom is 0.251 e. The van der Waals surface area contributed by atoms with E-state index in [9.17, 15) is 9.18 Å². The maximum absolute atomic E-state index is 13.3. The number of quaternary nitrogens is 1. The van der Waals surface area contributed by atoms with Gasteiger partial charge in [-0.1, -0.05) is 12.1 Å². The van der Waals surface area contributed by atoms with E-state index in [-0.39, 0.29) is 17.8 Å². The molecule has 26 heavy (non-hydrogen) atoms. The lowest BCUT2D eigenvalue weighted by Gasteiger charge is -2.32. The summed E-state index contributed by atoms with van der Waals surface area (Å²) in [7, 11) is 0. The number of rotatable bonds is 5. The highest BCUT2D eigenvalue weighted by Crippen LogP contribution is 2.11. The number of carbonyl (C=O) groups is 1. The predicted molar refractivity (Wildman–Crippen MR) is 94.1 cm³/mol. The summed E-state index contributed by atoms with van der Waals surface area (Å²) in [5, 5.41) is 11.8. The van der Waals surface area contributed by atoms with Crippen LogP contribution in [0.1, 0.15) is 27.5 Å². The minimum absolute atomic E-state index is 0.0295.